The first-order chi connectivity index (χ1) is 12.6. The molecule has 26 heavy (non-hydrogen) atoms. The van der Waals surface area contributed by atoms with Gasteiger partial charge in [0, 0.05) is 13.1 Å². The lowest BCUT2D eigenvalue weighted by Crippen LogP contribution is -2.30. The van der Waals surface area contributed by atoms with Gasteiger partial charge in [-0.2, -0.15) is 0 Å². The number of piperidine rings is 1. The molecule has 2 aromatic heterocycles. The summed E-state index contributed by atoms with van der Waals surface area (Å²) in [4.78, 5) is 19.2. The van der Waals surface area contributed by atoms with Gasteiger partial charge in [0.05, 0.1) is 23.6 Å². The minimum atomic E-state index is -0.250. The molecule has 8 nitrogen and oxygen atoms in total. The van der Waals surface area contributed by atoms with Gasteiger partial charge in [-0.15, -0.1) is 5.10 Å². The standard InChI is InChI=1S/C18H27N7O/c1-4-24(5-2)16-7-6-14(12-20-16)21-18(26)17-13(3)25(23-22-17)15-8-10-19-11-9-15/h6-7,12,15,19H,4-5,8-11H2,1-3H3,(H,21,26). The number of anilines is 2. The zero-order chi connectivity index (χ0) is 18.5. The first-order valence-corrected chi connectivity index (χ1v) is 9.28. The van der Waals surface area contributed by atoms with Crippen LogP contribution in [0.15, 0.2) is 18.3 Å². The van der Waals surface area contributed by atoms with Gasteiger partial charge >= 0.3 is 0 Å². The zero-order valence-electron chi connectivity index (χ0n) is 15.7. The molecule has 0 bridgehead atoms. The molecule has 1 saturated heterocycles. The normalized spacial score (nSPS) is 15.0. The molecule has 8 heteroatoms. The fraction of sp³-hybridized carbons (Fsp3) is 0.556. The number of amides is 1. The molecular formula is C18H27N7O. The maximum atomic E-state index is 12.6. The van der Waals surface area contributed by atoms with E-state index in [9.17, 15) is 4.79 Å². The van der Waals surface area contributed by atoms with Crippen molar-refractivity contribution in [1.29, 1.82) is 0 Å². The largest absolute Gasteiger partial charge is 0.357 e. The van der Waals surface area contributed by atoms with Crippen LogP contribution in [-0.2, 0) is 0 Å². The van der Waals surface area contributed by atoms with Crippen LogP contribution in [0.4, 0.5) is 11.5 Å². The van der Waals surface area contributed by atoms with Crippen LogP contribution in [0.1, 0.15) is 48.9 Å². The van der Waals surface area contributed by atoms with Gasteiger partial charge in [-0.25, -0.2) is 9.67 Å². The number of hydrogen-bond donors (Lipinski definition) is 2. The van der Waals surface area contributed by atoms with Gasteiger partial charge in [0.25, 0.3) is 5.91 Å². The smallest absolute Gasteiger partial charge is 0.278 e. The Hall–Kier alpha value is -2.48. The molecule has 0 saturated carbocycles. The summed E-state index contributed by atoms with van der Waals surface area (Å²) in [6.45, 7) is 9.82. The SMILES string of the molecule is CCN(CC)c1ccc(NC(=O)c2nnn(C3CCNCC3)c2C)cn1. The monoisotopic (exact) mass is 357 g/mol. The average molecular weight is 357 g/mol. The van der Waals surface area contributed by atoms with Crippen LogP contribution in [0.5, 0.6) is 0 Å². The van der Waals surface area contributed by atoms with Crippen LogP contribution < -0.4 is 15.5 Å². The molecule has 1 aliphatic heterocycles. The van der Waals surface area contributed by atoms with E-state index in [2.05, 4.69) is 44.7 Å². The number of rotatable bonds is 6. The van der Waals surface area contributed by atoms with E-state index in [-0.39, 0.29) is 5.91 Å². The van der Waals surface area contributed by atoms with E-state index in [0.29, 0.717) is 17.4 Å². The molecule has 3 rings (SSSR count). The van der Waals surface area contributed by atoms with Crippen LogP contribution in [0, 0.1) is 6.92 Å². The molecule has 2 aromatic rings. The van der Waals surface area contributed by atoms with Crippen molar-refractivity contribution < 1.29 is 4.79 Å². The Balaban J connectivity index is 1.69. The van der Waals surface area contributed by atoms with E-state index in [1.54, 1.807) is 6.20 Å². The van der Waals surface area contributed by atoms with Gasteiger partial charge in [0.2, 0.25) is 0 Å². The second-order valence-corrected chi connectivity index (χ2v) is 6.48. The number of carbonyl (C=O) groups is 1. The highest BCUT2D eigenvalue weighted by Crippen LogP contribution is 2.21. The van der Waals surface area contributed by atoms with Gasteiger partial charge in [0.15, 0.2) is 5.69 Å². The molecular weight excluding hydrogens is 330 g/mol. The maximum absolute atomic E-state index is 12.6. The molecule has 0 atom stereocenters. The summed E-state index contributed by atoms with van der Waals surface area (Å²) in [5, 5.41) is 14.5. The van der Waals surface area contributed by atoms with Gasteiger partial charge < -0.3 is 15.5 Å². The van der Waals surface area contributed by atoms with Crippen molar-refractivity contribution in [1.82, 2.24) is 25.3 Å². The number of carbonyl (C=O) groups excluding carboxylic acids is 1. The third kappa shape index (κ3) is 3.85. The fourth-order valence-corrected chi connectivity index (χ4v) is 3.33. The Bertz CT molecular complexity index is 730. The quantitative estimate of drug-likeness (QED) is 0.822. The van der Waals surface area contributed by atoms with Crippen molar-refractivity contribution in [2.75, 3.05) is 36.4 Å². The predicted molar refractivity (Wildman–Crippen MR) is 102 cm³/mol. The minimum Gasteiger partial charge on any atom is -0.357 e. The van der Waals surface area contributed by atoms with Crippen molar-refractivity contribution >= 4 is 17.4 Å². The Morgan fingerprint density at radius 2 is 2.04 bits per heavy atom. The Labute approximate surface area is 154 Å². The van der Waals surface area contributed by atoms with E-state index in [0.717, 1.165) is 50.5 Å². The summed E-state index contributed by atoms with van der Waals surface area (Å²) in [5.74, 6) is 0.654. The molecule has 1 amide bonds. The summed E-state index contributed by atoms with van der Waals surface area (Å²) < 4.78 is 1.89. The number of hydrogen-bond acceptors (Lipinski definition) is 6. The van der Waals surface area contributed by atoms with E-state index in [4.69, 9.17) is 0 Å². The number of nitrogens with one attached hydrogen (secondary N) is 2. The van der Waals surface area contributed by atoms with E-state index in [1.807, 2.05) is 23.7 Å². The van der Waals surface area contributed by atoms with Crippen LogP contribution in [0.3, 0.4) is 0 Å². The summed E-state index contributed by atoms with van der Waals surface area (Å²) in [6.07, 6.45) is 3.68. The predicted octanol–water partition coefficient (Wildman–Crippen LogP) is 2.00. The summed E-state index contributed by atoms with van der Waals surface area (Å²) in [7, 11) is 0. The van der Waals surface area contributed by atoms with E-state index >= 15 is 0 Å². The highest BCUT2D eigenvalue weighted by atomic mass is 16.2. The second kappa shape index (κ2) is 8.27. The topological polar surface area (TPSA) is 88.0 Å². The van der Waals surface area contributed by atoms with Crippen LogP contribution in [0.2, 0.25) is 0 Å². The Morgan fingerprint density at radius 1 is 1.31 bits per heavy atom. The third-order valence-corrected chi connectivity index (χ3v) is 4.89. The number of pyridine rings is 1. The molecule has 1 aliphatic rings. The number of nitrogens with zero attached hydrogens (tertiary/aromatic N) is 5. The lowest BCUT2D eigenvalue weighted by Gasteiger charge is -2.23. The third-order valence-electron chi connectivity index (χ3n) is 4.89. The molecule has 0 unspecified atom stereocenters. The van der Waals surface area contributed by atoms with E-state index in [1.165, 1.54) is 0 Å². The van der Waals surface area contributed by atoms with Crippen LogP contribution in [-0.4, -0.2) is 52.1 Å². The summed E-state index contributed by atoms with van der Waals surface area (Å²) >= 11 is 0. The summed E-state index contributed by atoms with van der Waals surface area (Å²) in [6, 6.07) is 4.09. The molecule has 0 aromatic carbocycles. The van der Waals surface area contributed by atoms with Crippen molar-refractivity contribution in [2.24, 2.45) is 0 Å². The second-order valence-electron chi connectivity index (χ2n) is 6.48. The lowest BCUT2D eigenvalue weighted by molar-refractivity contribution is 0.102. The molecule has 1 fully saturated rings. The molecule has 0 spiro atoms. The lowest BCUT2D eigenvalue weighted by atomic mass is 10.1. The van der Waals surface area contributed by atoms with Crippen molar-refractivity contribution in [3.8, 4) is 0 Å². The minimum absolute atomic E-state index is 0.250. The van der Waals surface area contributed by atoms with Crippen molar-refractivity contribution in [3.05, 3.63) is 29.7 Å². The van der Waals surface area contributed by atoms with Gasteiger partial charge in [-0.1, -0.05) is 5.21 Å². The molecule has 2 N–H and O–H groups in total. The zero-order valence-corrected chi connectivity index (χ0v) is 15.7. The van der Waals surface area contributed by atoms with E-state index < -0.39 is 0 Å². The van der Waals surface area contributed by atoms with Crippen LogP contribution >= 0.6 is 0 Å². The molecule has 140 valence electrons. The van der Waals surface area contributed by atoms with Crippen LogP contribution in [0.25, 0.3) is 0 Å². The average Bonchev–Trinajstić information content (AvgIpc) is 3.06. The summed E-state index contributed by atoms with van der Waals surface area (Å²) in [5.41, 5.74) is 1.83. The number of aromatic nitrogens is 4. The highest BCUT2D eigenvalue weighted by molar-refractivity contribution is 6.03. The van der Waals surface area contributed by atoms with Crippen molar-refractivity contribution in [3.63, 3.8) is 0 Å². The van der Waals surface area contributed by atoms with Gasteiger partial charge in [-0.05, 0) is 58.8 Å². The fourth-order valence-electron chi connectivity index (χ4n) is 3.33. The molecule has 0 radical (unpaired) electrons. The van der Waals surface area contributed by atoms with Gasteiger partial charge in [-0.3, -0.25) is 4.79 Å². The maximum Gasteiger partial charge on any atom is 0.278 e. The van der Waals surface area contributed by atoms with Crippen molar-refractivity contribution in [2.45, 2.75) is 39.7 Å². The molecule has 0 aliphatic carbocycles. The molecule has 3 heterocycles. The first kappa shape index (κ1) is 18.3. The van der Waals surface area contributed by atoms with Gasteiger partial charge in [0.1, 0.15) is 5.82 Å². The Morgan fingerprint density at radius 3 is 2.65 bits per heavy atom. The highest BCUT2D eigenvalue weighted by Gasteiger charge is 2.23. The first-order valence-electron chi connectivity index (χ1n) is 9.28. The Kier molecular flexibility index (Phi) is 5.82.